The molecule has 0 saturated carbocycles. The fraction of sp³-hybridized carbons (Fsp3) is 0.533. The van der Waals surface area contributed by atoms with E-state index in [2.05, 4.69) is 6.92 Å². The molecule has 4 nitrogen and oxygen atoms in total. The molecule has 0 bridgehead atoms. The summed E-state index contributed by atoms with van der Waals surface area (Å²) in [4.78, 5) is 13.1. The van der Waals surface area contributed by atoms with E-state index in [9.17, 15) is 9.18 Å². The van der Waals surface area contributed by atoms with E-state index in [1.165, 1.54) is 6.07 Å². The Labute approximate surface area is 119 Å². The molecule has 0 fully saturated rings. The van der Waals surface area contributed by atoms with Crippen LogP contribution in [-0.2, 0) is 4.79 Å². The van der Waals surface area contributed by atoms with Crippen molar-refractivity contribution in [3.05, 3.63) is 35.6 Å². The van der Waals surface area contributed by atoms with Gasteiger partial charge in [0.2, 0.25) is 5.91 Å². The molecule has 1 aromatic carbocycles. The average molecular weight is 281 g/mol. The molecule has 1 amide bonds. The molecule has 2 unspecified atom stereocenters. The molecule has 4 N–H and O–H groups in total. The lowest BCUT2D eigenvalue weighted by atomic mass is 9.98. The highest BCUT2D eigenvalue weighted by Crippen LogP contribution is 2.26. The Morgan fingerprint density at radius 2 is 2.05 bits per heavy atom. The first-order chi connectivity index (χ1) is 9.47. The zero-order chi connectivity index (χ0) is 15.1. The van der Waals surface area contributed by atoms with Gasteiger partial charge in [-0.05, 0) is 26.0 Å². The molecule has 0 heterocycles. The second kappa shape index (κ2) is 7.97. The number of primary amides is 1. The Morgan fingerprint density at radius 1 is 1.40 bits per heavy atom. The minimum absolute atomic E-state index is 0.0839. The quantitative estimate of drug-likeness (QED) is 0.763. The van der Waals surface area contributed by atoms with Crippen LogP contribution in [0.3, 0.4) is 0 Å². The van der Waals surface area contributed by atoms with Gasteiger partial charge in [-0.25, -0.2) is 4.39 Å². The molecular formula is C15H24FN3O. The highest BCUT2D eigenvalue weighted by molar-refractivity contribution is 5.76. The molecule has 0 aliphatic carbocycles. The first-order valence-corrected chi connectivity index (χ1v) is 6.99. The third-order valence-electron chi connectivity index (χ3n) is 3.27. The fourth-order valence-corrected chi connectivity index (χ4v) is 2.41. The van der Waals surface area contributed by atoms with Gasteiger partial charge >= 0.3 is 0 Å². The number of unbranched alkanes of at least 4 members (excludes halogenated alkanes) is 1. The summed E-state index contributed by atoms with van der Waals surface area (Å²) in [6.45, 7) is 4.63. The molecule has 0 aliphatic rings. The number of nitrogens with two attached hydrogens (primary N) is 2. The number of rotatable bonds is 8. The largest absolute Gasteiger partial charge is 0.369 e. The molecule has 0 saturated heterocycles. The first kappa shape index (κ1) is 16.6. The summed E-state index contributed by atoms with van der Waals surface area (Å²) < 4.78 is 14.0. The van der Waals surface area contributed by atoms with E-state index in [0.717, 1.165) is 12.8 Å². The van der Waals surface area contributed by atoms with Crippen molar-refractivity contribution in [1.29, 1.82) is 0 Å². The van der Waals surface area contributed by atoms with Crippen molar-refractivity contribution in [2.45, 2.75) is 38.8 Å². The summed E-state index contributed by atoms with van der Waals surface area (Å²) in [5.41, 5.74) is 11.8. The van der Waals surface area contributed by atoms with Crippen LogP contribution in [0.15, 0.2) is 24.3 Å². The zero-order valence-electron chi connectivity index (χ0n) is 12.2. The fourth-order valence-electron chi connectivity index (χ4n) is 2.41. The number of hydrogen-bond donors (Lipinski definition) is 2. The van der Waals surface area contributed by atoms with Crippen LogP contribution in [0, 0.1) is 5.82 Å². The van der Waals surface area contributed by atoms with E-state index in [-0.39, 0.29) is 24.4 Å². The Kier molecular flexibility index (Phi) is 6.61. The van der Waals surface area contributed by atoms with E-state index in [0.29, 0.717) is 12.1 Å². The van der Waals surface area contributed by atoms with Gasteiger partial charge in [0.05, 0.1) is 12.6 Å². The van der Waals surface area contributed by atoms with Gasteiger partial charge in [-0.15, -0.1) is 0 Å². The topological polar surface area (TPSA) is 72.3 Å². The van der Waals surface area contributed by atoms with Crippen molar-refractivity contribution in [3.63, 3.8) is 0 Å². The summed E-state index contributed by atoms with van der Waals surface area (Å²) in [7, 11) is 0. The zero-order valence-corrected chi connectivity index (χ0v) is 12.2. The number of hydrogen-bond acceptors (Lipinski definition) is 3. The number of amides is 1. The second-order valence-electron chi connectivity index (χ2n) is 5.12. The monoisotopic (exact) mass is 281 g/mol. The maximum Gasteiger partial charge on any atom is 0.231 e. The minimum atomic E-state index is -0.428. The lowest BCUT2D eigenvalue weighted by Crippen LogP contribution is -2.44. The van der Waals surface area contributed by atoms with Gasteiger partial charge in [0.15, 0.2) is 0 Å². The molecule has 112 valence electrons. The van der Waals surface area contributed by atoms with E-state index < -0.39 is 5.91 Å². The van der Waals surface area contributed by atoms with E-state index in [1.807, 2.05) is 11.8 Å². The van der Waals surface area contributed by atoms with Crippen molar-refractivity contribution in [2.75, 3.05) is 13.1 Å². The highest BCUT2D eigenvalue weighted by Gasteiger charge is 2.27. The van der Waals surface area contributed by atoms with Crippen molar-refractivity contribution in [3.8, 4) is 0 Å². The molecule has 20 heavy (non-hydrogen) atoms. The van der Waals surface area contributed by atoms with Crippen LogP contribution in [0.2, 0.25) is 0 Å². The molecule has 5 heteroatoms. The molecule has 2 atom stereocenters. The first-order valence-electron chi connectivity index (χ1n) is 6.99. The third kappa shape index (κ3) is 4.58. The standard InChI is InChI=1S/C15H24FN3O/c1-3-4-9-19(10-14(18)20)15(11(2)17)12-7-5-6-8-13(12)16/h5-8,11,15H,3-4,9-10,17H2,1-2H3,(H2,18,20). The van der Waals surface area contributed by atoms with E-state index in [1.54, 1.807) is 18.2 Å². The Hall–Kier alpha value is -1.46. The smallest absolute Gasteiger partial charge is 0.231 e. The maximum atomic E-state index is 14.0. The van der Waals surface area contributed by atoms with Gasteiger partial charge in [0, 0.05) is 11.6 Å². The summed E-state index contributed by atoms with van der Waals surface area (Å²) in [5.74, 6) is -0.733. The van der Waals surface area contributed by atoms with Crippen LogP contribution in [0.5, 0.6) is 0 Å². The average Bonchev–Trinajstić information content (AvgIpc) is 2.37. The van der Waals surface area contributed by atoms with Gasteiger partial charge in [-0.2, -0.15) is 0 Å². The predicted molar refractivity (Wildman–Crippen MR) is 78.5 cm³/mol. The van der Waals surface area contributed by atoms with Crippen molar-refractivity contribution in [2.24, 2.45) is 11.5 Å². The maximum absolute atomic E-state index is 14.0. The predicted octanol–water partition coefficient (Wildman–Crippen LogP) is 1.80. The summed E-state index contributed by atoms with van der Waals surface area (Å²) in [5, 5.41) is 0. The molecule has 0 radical (unpaired) electrons. The van der Waals surface area contributed by atoms with Gasteiger partial charge in [-0.3, -0.25) is 9.69 Å². The number of carbonyl (C=O) groups excluding carboxylic acids is 1. The number of nitrogens with zero attached hydrogens (tertiary/aromatic N) is 1. The van der Waals surface area contributed by atoms with Gasteiger partial charge < -0.3 is 11.5 Å². The van der Waals surface area contributed by atoms with Crippen LogP contribution in [0.4, 0.5) is 4.39 Å². The Balaban J connectivity index is 3.07. The van der Waals surface area contributed by atoms with Crippen molar-refractivity contribution in [1.82, 2.24) is 4.90 Å². The summed E-state index contributed by atoms with van der Waals surface area (Å²) in [6.07, 6.45) is 1.89. The molecule has 0 aromatic heterocycles. The molecule has 1 aromatic rings. The number of halogens is 1. The van der Waals surface area contributed by atoms with Crippen LogP contribution >= 0.6 is 0 Å². The molecule has 0 aliphatic heterocycles. The molecule has 1 rings (SSSR count). The van der Waals surface area contributed by atoms with Crippen LogP contribution in [-0.4, -0.2) is 29.9 Å². The van der Waals surface area contributed by atoms with Gasteiger partial charge in [0.25, 0.3) is 0 Å². The van der Waals surface area contributed by atoms with Crippen LogP contribution < -0.4 is 11.5 Å². The van der Waals surface area contributed by atoms with Crippen molar-refractivity contribution < 1.29 is 9.18 Å². The van der Waals surface area contributed by atoms with Crippen LogP contribution in [0.25, 0.3) is 0 Å². The third-order valence-corrected chi connectivity index (χ3v) is 3.27. The minimum Gasteiger partial charge on any atom is -0.369 e. The number of benzene rings is 1. The Morgan fingerprint density at radius 3 is 2.55 bits per heavy atom. The van der Waals surface area contributed by atoms with Gasteiger partial charge in [0.1, 0.15) is 5.82 Å². The number of carbonyl (C=O) groups is 1. The van der Waals surface area contributed by atoms with Gasteiger partial charge in [-0.1, -0.05) is 31.5 Å². The van der Waals surface area contributed by atoms with E-state index >= 15 is 0 Å². The normalized spacial score (nSPS) is 14.2. The molecule has 0 spiro atoms. The highest BCUT2D eigenvalue weighted by atomic mass is 19.1. The van der Waals surface area contributed by atoms with Crippen LogP contribution in [0.1, 0.15) is 38.3 Å². The van der Waals surface area contributed by atoms with E-state index in [4.69, 9.17) is 11.5 Å². The SMILES string of the molecule is CCCCN(CC(N)=O)C(c1ccccc1F)C(C)N. The summed E-state index contributed by atoms with van der Waals surface area (Å²) in [6, 6.07) is 5.88. The molecular weight excluding hydrogens is 257 g/mol. The Bertz CT molecular complexity index is 437. The second-order valence-corrected chi connectivity index (χ2v) is 5.12. The lowest BCUT2D eigenvalue weighted by molar-refractivity contribution is -0.119. The lowest BCUT2D eigenvalue weighted by Gasteiger charge is -2.34. The summed E-state index contributed by atoms with van der Waals surface area (Å²) >= 11 is 0. The van der Waals surface area contributed by atoms with Crippen molar-refractivity contribution >= 4 is 5.91 Å².